The van der Waals surface area contributed by atoms with Crippen LogP contribution in [0, 0.1) is 5.82 Å². The molecule has 0 aliphatic heterocycles. The minimum absolute atomic E-state index is 0.0161. The second kappa shape index (κ2) is 5.63. The molecule has 1 heterocycles. The molecule has 2 aromatic carbocycles. The van der Waals surface area contributed by atoms with Gasteiger partial charge in [-0.25, -0.2) is 13.9 Å². The number of carbonyl (C=O) groups is 1. The zero-order chi connectivity index (χ0) is 17.5. The molecule has 0 aliphatic carbocycles. The van der Waals surface area contributed by atoms with Gasteiger partial charge in [-0.15, -0.1) is 0 Å². The summed E-state index contributed by atoms with van der Waals surface area (Å²) in [6, 6.07) is 8.10. The minimum atomic E-state index is -4.48. The van der Waals surface area contributed by atoms with Crippen molar-refractivity contribution in [1.29, 1.82) is 0 Å². The number of esters is 1. The topological polar surface area (TPSA) is 44.1 Å². The summed E-state index contributed by atoms with van der Waals surface area (Å²) in [6.07, 6.45) is -4.48. The van der Waals surface area contributed by atoms with E-state index in [2.05, 4.69) is 9.84 Å². The molecule has 0 spiro atoms. The lowest BCUT2D eigenvalue weighted by atomic mass is 10.2. The van der Waals surface area contributed by atoms with E-state index >= 15 is 0 Å². The van der Waals surface area contributed by atoms with E-state index in [1.807, 2.05) is 0 Å². The molecule has 0 fully saturated rings. The molecule has 124 valence electrons. The van der Waals surface area contributed by atoms with Gasteiger partial charge in [0.05, 0.1) is 18.4 Å². The van der Waals surface area contributed by atoms with Gasteiger partial charge in [-0.2, -0.15) is 18.3 Å². The first-order valence-corrected chi connectivity index (χ1v) is 6.76. The van der Waals surface area contributed by atoms with Gasteiger partial charge in [-0.3, -0.25) is 0 Å². The molecule has 0 bridgehead atoms. The van der Waals surface area contributed by atoms with Gasteiger partial charge in [0, 0.05) is 5.39 Å². The number of halogens is 4. The Balaban J connectivity index is 2.21. The third-order valence-electron chi connectivity index (χ3n) is 3.47. The molecule has 0 aliphatic rings. The number of benzene rings is 2. The van der Waals surface area contributed by atoms with Crippen LogP contribution in [0.2, 0.25) is 0 Å². The molecule has 0 unspecified atom stereocenters. The number of carbonyl (C=O) groups excluding carboxylic acids is 1. The van der Waals surface area contributed by atoms with Crippen LogP contribution in [0.3, 0.4) is 0 Å². The smallest absolute Gasteiger partial charge is 0.416 e. The first-order chi connectivity index (χ1) is 11.3. The highest BCUT2D eigenvalue weighted by Crippen LogP contribution is 2.31. The number of ether oxygens (including phenoxy) is 1. The van der Waals surface area contributed by atoms with Gasteiger partial charge >= 0.3 is 12.1 Å². The number of rotatable bonds is 2. The second-order valence-corrected chi connectivity index (χ2v) is 4.93. The maximum atomic E-state index is 14.2. The number of hydrogen-bond acceptors (Lipinski definition) is 3. The van der Waals surface area contributed by atoms with Crippen LogP contribution in [0.5, 0.6) is 0 Å². The number of nitrogens with zero attached hydrogens (tertiary/aromatic N) is 2. The van der Waals surface area contributed by atoms with E-state index in [0.717, 1.165) is 36.1 Å². The van der Waals surface area contributed by atoms with Crippen molar-refractivity contribution >= 4 is 16.9 Å². The quantitative estimate of drug-likeness (QED) is 0.525. The summed E-state index contributed by atoms with van der Waals surface area (Å²) >= 11 is 0. The van der Waals surface area contributed by atoms with Crippen molar-refractivity contribution in [2.24, 2.45) is 0 Å². The standard InChI is InChI=1S/C16H10F4N2O2/c1-24-15(23)13-11-3-2-4-12(17)14(11)22(21-13)10-7-5-9(6-8-10)16(18,19)20/h2-8H,1H3. The Hall–Kier alpha value is -2.90. The van der Waals surface area contributed by atoms with Crippen molar-refractivity contribution in [2.75, 3.05) is 7.11 Å². The first-order valence-electron chi connectivity index (χ1n) is 6.76. The van der Waals surface area contributed by atoms with E-state index in [1.165, 1.54) is 18.2 Å². The Bertz CT molecular complexity index is 914. The average Bonchev–Trinajstić information content (AvgIpc) is 2.94. The van der Waals surface area contributed by atoms with Gasteiger partial charge in [0.15, 0.2) is 5.69 Å². The molecule has 4 nitrogen and oxygen atoms in total. The number of para-hydroxylation sites is 1. The molecule has 1 aromatic heterocycles. The van der Waals surface area contributed by atoms with E-state index < -0.39 is 23.5 Å². The fourth-order valence-electron chi connectivity index (χ4n) is 2.35. The van der Waals surface area contributed by atoms with Gasteiger partial charge < -0.3 is 4.74 Å². The Morgan fingerprint density at radius 2 is 1.79 bits per heavy atom. The molecular weight excluding hydrogens is 328 g/mol. The van der Waals surface area contributed by atoms with Crippen molar-refractivity contribution in [3.63, 3.8) is 0 Å². The molecule has 3 rings (SSSR count). The molecule has 0 N–H and O–H groups in total. The van der Waals surface area contributed by atoms with Gasteiger partial charge in [-0.05, 0) is 30.3 Å². The minimum Gasteiger partial charge on any atom is -0.464 e. The summed E-state index contributed by atoms with van der Waals surface area (Å²) in [5.74, 6) is -1.42. The molecule has 8 heteroatoms. The summed E-state index contributed by atoms with van der Waals surface area (Å²) in [5.41, 5.74) is -0.783. The average molecular weight is 338 g/mol. The fraction of sp³-hybridized carbons (Fsp3) is 0.125. The van der Waals surface area contributed by atoms with E-state index in [-0.39, 0.29) is 22.3 Å². The van der Waals surface area contributed by atoms with Crippen LogP contribution in [0.15, 0.2) is 42.5 Å². The van der Waals surface area contributed by atoms with E-state index in [1.54, 1.807) is 0 Å². The maximum Gasteiger partial charge on any atom is 0.416 e. The van der Waals surface area contributed by atoms with Crippen molar-refractivity contribution in [1.82, 2.24) is 9.78 Å². The Kier molecular flexibility index (Phi) is 3.75. The molecule has 0 atom stereocenters. The summed E-state index contributed by atoms with van der Waals surface area (Å²) in [4.78, 5) is 11.8. The lowest BCUT2D eigenvalue weighted by molar-refractivity contribution is -0.137. The van der Waals surface area contributed by atoms with E-state index in [4.69, 9.17) is 0 Å². The number of alkyl halides is 3. The first kappa shape index (κ1) is 16.0. The van der Waals surface area contributed by atoms with Gasteiger partial charge in [0.25, 0.3) is 0 Å². The maximum absolute atomic E-state index is 14.2. The fourth-order valence-corrected chi connectivity index (χ4v) is 2.35. The van der Waals surface area contributed by atoms with E-state index in [0.29, 0.717) is 0 Å². The van der Waals surface area contributed by atoms with Crippen molar-refractivity contribution in [3.05, 3.63) is 59.5 Å². The Morgan fingerprint density at radius 1 is 1.12 bits per heavy atom. The van der Waals surface area contributed by atoms with Crippen LogP contribution >= 0.6 is 0 Å². The zero-order valence-electron chi connectivity index (χ0n) is 12.3. The van der Waals surface area contributed by atoms with E-state index in [9.17, 15) is 22.4 Å². The monoisotopic (exact) mass is 338 g/mol. The lowest BCUT2D eigenvalue weighted by Gasteiger charge is -2.08. The predicted octanol–water partition coefficient (Wildman–Crippen LogP) is 3.97. The molecule has 3 aromatic rings. The molecule has 24 heavy (non-hydrogen) atoms. The predicted molar refractivity (Wildman–Crippen MR) is 77.4 cm³/mol. The molecule has 0 saturated heterocycles. The van der Waals surface area contributed by atoms with Gasteiger partial charge in [0.2, 0.25) is 0 Å². The largest absolute Gasteiger partial charge is 0.464 e. The molecule has 0 saturated carbocycles. The summed E-state index contributed by atoms with van der Waals surface area (Å²) < 4.78 is 57.8. The molecular formula is C16H10F4N2O2. The third kappa shape index (κ3) is 2.60. The summed E-state index contributed by atoms with van der Waals surface area (Å²) in [7, 11) is 1.16. The SMILES string of the molecule is COC(=O)c1nn(-c2ccc(C(F)(F)F)cc2)c2c(F)cccc12. The highest BCUT2D eigenvalue weighted by Gasteiger charge is 2.30. The highest BCUT2D eigenvalue weighted by atomic mass is 19.4. The molecule has 0 amide bonds. The van der Waals surface area contributed by atoms with Crippen LogP contribution < -0.4 is 0 Å². The number of hydrogen-bond donors (Lipinski definition) is 0. The van der Waals surface area contributed by atoms with Crippen molar-refractivity contribution in [3.8, 4) is 5.69 Å². The lowest BCUT2D eigenvalue weighted by Crippen LogP contribution is -2.06. The van der Waals surface area contributed by atoms with Gasteiger partial charge in [-0.1, -0.05) is 12.1 Å². The van der Waals surface area contributed by atoms with Crippen LogP contribution in [-0.4, -0.2) is 22.9 Å². The van der Waals surface area contributed by atoms with Crippen molar-refractivity contribution in [2.45, 2.75) is 6.18 Å². The normalized spacial score (nSPS) is 11.7. The third-order valence-corrected chi connectivity index (χ3v) is 3.47. The summed E-state index contributed by atoms with van der Waals surface area (Å²) in [6.45, 7) is 0. The van der Waals surface area contributed by atoms with Crippen LogP contribution in [0.25, 0.3) is 16.6 Å². The zero-order valence-corrected chi connectivity index (χ0v) is 12.3. The van der Waals surface area contributed by atoms with Crippen LogP contribution in [0.1, 0.15) is 16.1 Å². The van der Waals surface area contributed by atoms with Gasteiger partial charge in [0.1, 0.15) is 11.3 Å². The Labute approximate surface area is 133 Å². The van der Waals surface area contributed by atoms with Crippen LogP contribution in [-0.2, 0) is 10.9 Å². The van der Waals surface area contributed by atoms with Crippen molar-refractivity contribution < 1.29 is 27.1 Å². The Morgan fingerprint density at radius 3 is 2.38 bits per heavy atom. The number of methoxy groups -OCH3 is 1. The highest BCUT2D eigenvalue weighted by molar-refractivity contribution is 6.02. The number of fused-ring (bicyclic) bond motifs is 1. The van der Waals surface area contributed by atoms with Crippen LogP contribution in [0.4, 0.5) is 17.6 Å². The second-order valence-electron chi connectivity index (χ2n) is 4.93. The summed E-state index contributed by atoms with van der Waals surface area (Å²) in [5, 5.41) is 4.21. The number of aromatic nitrogens is 2. The molecule has 0 radical (unpaired) electrons.